The maximum Gasteiger partial charge on any atom is 0.303 e. The summed E-state index contributed by atoms with van der Waals surface area (Å²) in [5.74, 6) is 0.253. The van der Waals surface area contributed by atoms with E-state index in [-0.39, 0.29) is 0 Å². The van der Waals surface area contributed by atoms with Gasteiger partial charge in [-0.2, -0.15) is 0 Å². The lowest BCUT2D eigenvalue weighted by Crippen LogP contribution is -1.93. The lowest BCUT2D eigenvalue weighted by molar-refractivity contribution is -0.137. The van der Waals surface area contributed by atoms with Crippen molar-refractivity contribution < 1.29 is 9.90 Å². The van der Waals surface area contributed by atoms with E-state index in [1.165, 1.54) is 64.2 Å². The molecule has 0 aliphatic heterocycles. The van der Waals surface area contributed by atoms with E-state index in [0.29, 0.717) is 6.42 Å². The molecule has 0 bridgehead atoms. The predicted octanol–water partition coefficient (Wildman–Crippen LogP) is 5.80. The van der Waals surface area contributed by atoms with E-state index in [0.717, 1.165) is 18.8 Å². The molecule has 1 N–H and O–H groups in total. The number of aliphatic carboxylic acids is 1. The zero-order valence-corrected chi connectivity index (χ0v) is 13.1. The van der Waals surface area contributed by atoms with Crippen molar-refractivity contribution in [3.63, 3.8) is 0 Å². The van der Waals surface area contributed by atoms with Crippen LogP contribution in [0.15, 0.2) is 0 Å². The van der Waals surface area contributed by atoms with Crippen molar-refractivity contribution in [2.45, 2.75) is 97.3 Å². The fraction of sp³-hybridized carbons (Fsp3) is 0.941. The molecule has 0 spiro atoms. The minimum atomic E-state index is -0.655. The second-order valence-electron chi connectivity index (χ2n) is 5.98. The summed E-state index contributed by atoms with van der Waals surface area (Å²) >= 11 is 0. The van der Waals surface area contributed by atoms with Crippen LogP contribution in [0.2, 0.25) is 0 Å². The molecule has 0 aliphatic carbocycles. The number of hydrogen-bond donors (Lipinski definition) is 1. The van der Waals surface area contributed by atoms with Crippen LogP contribution in [0.5, 0.6) is 0 Å². The van der Waals surface area contributed by atoms with Gasteiger partial charge in [0.1, 0.15) is 0 Å². The highest BCUT2D eigenvalue weighted by atomic mass is 16.4. The molecule has 0 saturated heterocycles. The van der Waals surface area contributed by atoms with Gasteiger partial charge in [0, 0.05) is 6.42 Å². The minimum absolute atomic E-state index is 0.343. The van der Waals surface area contributed by atoms with Crippen LogP contribution in [0.1, 0.15) is 97.3 Å². The lowest BCUT2D eigenvalue weighted by Gasteiger charge is -2.07. The summed E-state index contributed by atoms with van der Waals surface area (Å²) in [7, 11) is 0. The fourth-order valence-corrected chi connectivity index (χ4v) is 2.39. The smallest absolute Gasteiger partial charge is 0.303 e. The summed E-state index contributed by atoms with van der Waals surface area (Å²) < 4.78 is 0. The van der Waals surface area contributed by atoms with Gasteiger partial charge in [-0.1, -0.05) is 84.5 Å². The molecule has 2 heteroatoms. The van der Waals surface area contributed by atoms with E-state index in [2.05, 4.69) is 13.8 Å². The zero-order chi connectivity index (χ0) is 14.3. The maximum atomic E-state index is 10.3. The van der Waals surface area contributed by atoms with Gasteiger partial charge < -0.3 is 5.11 Å². The first kappa shape index (κ1) is 18.5. The molecule has 0 saturated carbocycles. The first-order valence-corrected chi connectivity index (χ1v) is 8.38. The average molecular weight is 270 g/mol. The van der Waals surface area contributed by atoms with Crippen molar-refractivity contribution in [1.82, 2.24) is 0 Å². The highest BCUT2D eigenvalue weighted by Gasteiger charge is 1.99. The van der Waals surface area contributed by atoms with E-state index in [9.17, 15) is 4.79 Å². The van der Waals surface area contributed by atoms with Gasteiger partial charge in [0.15, 0.2) is 0 Å². The summed E-state index contributed by atoms with van der Waals surface area (Å²) in [5, 5.41) is 8.51. The maximum absolute atomic E-state index is 10.3. The summed E-state index contributed by atoms with van der Waals surface area (Å²) in [4.78, 5) is 10.3. The van der Waals surface area contributed by atoms with Gasteiger partial charge in [-0.25, -0.2) is 0 Å². The van der Waals surface area contributed by atoms with Crippen LogP contribution in [-0.2, 0) is 4.79 Å². The molecule has 0 heterocycles. The highest BCUT2D eigenvalue weighted by molar-refractivity contribution is 5.66. The number of hydrogen-bond acceptors (Lipinski definition) is 1. The van der Waals surface area contributed by atoms with E-state index in [1.54, 1.807) is 0 Å². The minimum Gasteiger partial charge on any atom is -0.481 e. The molecule has 0 aromatic carbocycles. The third-order valence-corrected chi connectivity index (χ3v) is 4.03. The first-order valence-electron chi connectivity index (χ1n) is 8.38. The van der Waals surface area contributed by atoms with Crippen LogP contribution < -0.4 is 0 Å². The molecule has 0 aliphatic rings. The number of unbranched alkanes of at least 4 members (excludes halogenated alkanes) is 9. The molecule has 0 aromatic rings. The van der Waals surface area contributed by atoms with Crippen LogP contribution in [0.25, 0.3) is 0 Å². The van der Waals surface area contributed by atoms with Gasteiger partial charge in [-0.15, -0.1) is 0 Å². The van der Waals surface area contributed by atoms with Crippen LogP contribution >= 0.6 is 0 Å². The predicted molar refractivity (Wildman–Crippen MR) is 82.5 cm³/mol. The number of rotatable bonds is 14. The summed E-state index contributed by atoms with van der Waals surface area (Å²) in [6.45, 7) is 4.63. The molecule has 0 radical (unpaired) electrons. The van der Waals surface area contributed by atoms with Crippen LogP contribution in [-0.4, -0.2) is 11.1 Å². The van der Waals surface area contributed by atoms with Gasteiger partial charge >= 0.3 is 5.97 Å². The Hall–Kier alpha value is -0.530. The molecule has 114 valence electrons. The van der Waals surface area contributed by atoms with Crippen molar-refractivity contribution >= 4 is 5.97 Å². The third kappa shape index (κ3) is 15.4. The zero-order valence-electron chi connectivity index (χ0n) is 13.1. The van der Waals surface area contributed by atoms with E-state index in [1.807, 2.05) is 0 Å². The molecule has 0 aromatic heterocycles. The molecular weight excluding hydrogens is 236 g/mol. The van der Waals surface area contributed by atoms with Gasteiger partial charge in [0.2, 0.25) is 0 Å². The van der Waals surface area contributed by atoms with Crippen LogP contribution in [0, 0.1) is 5.92 Å². The summed E-state index contributed by atoms with van der Waals surface area (Å²) in [6.07, 6.45) is 15.8. The third-order valence-electron chi connectivity index (χ3n) is 4.03. The number of carbonyl (C=O) groups is 1. The van der Waals surface area contributed by atoms with Crippen molar-refractivity contribution in [2.24, 2.45) is 5.92 Å². The quantitative estimate of drug-likeness (QED) is 0.405. The molecule has 19 heavy (non-hydrogen) atoms. The summed E-state index contributed by atoms with van der Waals surface area (Å²) in [6, 6.07) is 0. The molecule has 1 atom stereocenters. The first-order chi connectivity index (χ1) is 9.16. The van der Waals surface area contributed by atoms with E-state index in [4.69, 9.17) is 5.11 Å². The van der Waals surface area contributed by atoms with Gasteiger partial charge in [-0.05, 0) is 12.3 Å². The second kappa shape index (κ2) is 13.9. The Labute approximate surface area is 120 Å². The Morgan fingerprint density at radius 3 is 1.68 bits per heavy atom. The van der Waals surface area contributed by atoms with Crippen molar-refractivity contribution in [2.75, 3.05) is 0 Å². The van der Waals surface area contributed by atoms with Gasteiger partial charge in [0.25, 0.3) is 0 Å². The van der Waals surface area contributed by atoms with Crippen molar-refractivity contribution in [1.29, 1.82) is 0 Å². The van der Waals surface area contributed by atoms with Crippen LogP contribution in [0.3, 0.4) is 0 Å². The van der Waals surface area contributed by atoms with Gasteiger partial charge in [-0.3, -0.25) is 4.79 Å². The Kier molecular flexibility index (Phi) is 13.5. The molecular formula is C17H34O2. The summed E-state index contributed by atoms with van der Waals surface area (Å²) in [5.41, 5.74) is 0. The molecule has 2 nitrogen and oxygen atoms in total. The van der Waals surface area contributed by atoms with Gasteiger partial charge in [0.05, 0.1) is 0 Å². The van der Waals surface area contributed by atoms with Crippen molar-refractivity contribution in [3.8, 4) is 0 Å². The normalized spacial score (nSPS) is 12.5. The highest BCUT2D eigenvalue weighted by Crippen LogP contribution is 2.15. The molecule has 0 amide bonds. The molecule has 0 rings (SSSR count). The second-order valence-corrected chi connectivity index (χ2v) is 5.98. The monoisotopic (exact) mass is 270 g/mol. The Morgan fingerprint density at radius 1 is 0.842 bits per heavy atom. The molecule has 0 unspecified atom stereocenters. The lowest BCUT2D eigenvalue weighted by atomic mass is 9.99. The topological polar surface area (TPSA) is 37.3 Å². The SMILES string of the molecule is CC[C@H](C)CCCCCCCCCCCCC(=O)O. The molecule has 0 fully saturated rings. The van der Waals surface area contributed by atoms with E-state index < -0.39 is 5.97 Å². The largest absolute Gasteiger partial charge is 0.481 e. The Bertz CT molecular complexity index is 201. The Morgan fingerprint density at radius 2 is 1.26 bits per heavy atom. The van der Waals surface area contributed by atoms with Crippen LogP contribution in [0.4, 0.5) is 0 Å². The fourth-order valence-electron chi connectivity index (χ4n) is 2.39. The average Bonchev–Trinajstić information content (AvgIpc) is 2.39. The number of carboxylic acid groups (broad SMARTS) is 1. The standard InChI is InChI=1S/C17H34O2/c1-3-16(2)14-12-10-8-6-4-5-7-9-11-13-15-17(18)19/h16H,3-15H2,1-2H3,(H,18,19)/t16-/m0/s1. The van der Waals surface area contributed by atoms with E-state index >= 15 is 0 Å². The Balaban J connectivity index is 3.01. The van der Waals surface area contributed by atoms with Crippen molar-refractivity contribution in [3.05, 3.63) is 0 Å². The number of carboxylic acids is 1.